The number of carbonyl (C=O) groups is 1. The highest BCUT2D eigenvalue weighted by atomic mass is 16.1. The summed E-state index contributed by atoms with van der Waals surface area (Å²) in [6.45, 7) is 5.26. The van der Waals surface area contributed by atoms with Gasteiger partial charge in [0.05, 0.1) is 5.69 Å². The van der Waals surface area contributed by atoms with E-state index in [0.29, 0.717) is 24.8 Å². The SMILES string of the molecule is CC(C)Nc1cccnc1NCCNC(=O)c1cc2ccccc2[nH]1. The molecule has 0 fully saturated rings. The molecule has 6 heteroatoms. The number of fused-ring (bicyclic) bond motifs is 1. The Bertz CT molecular complexity index is 823. The van der Waals surface area contributed by atoms with Crippen LogP contribution in [0.25, 0.3) is 10.9 Å². The van der Waals surface area contributed by atoms with Crippen LogP contribution in [-0.2, 0) is 0 Å². The van der Waals surface area contributed by atoms with Crippen molar-refractivity contribution in [2.24, 2.45) is 0 Å². The van der Waals surface area contributed by atoms with E-state index in [1.165, 1.54) is 0 Å². The molecule has 0 saturated heterocycles. The molecule has 1 aromatic carbocycles. The van der Waals surface area contributed by atoms with Gasteiger partial charge in [0.15, 0.2) is 0 Å². The summed E-state index contributed by atoms with van der Waals surface area (Å²) in [6, 6.07) is 13.9. The van der Waals surface area contributed by atoms with Gasteiger partial charge in [-0.05, 0) is 38.1 Å². The maximum atomic E-state index is 12.2. The number of para-hydroxylation sites is 1. The first-order valence-electron chi connectivity index (χ1n) is 8.45. The summed E-state index contributed by atoms with van der Waals surface area (Å²) < 4.78 is 0. The van der Waals surface area contributed by atoms with Crippen molar-refractivity contribution in [2.75, 3.05) is 23.7 Å². The van der Waals surface area contributed by atoms with Gasteiger partial charge in [-0.2, -0.15) is 0 Å². The van der Waals surface area contributed by atoms with Crippen molar-refractivity contribution >= 4 is 28.3 Å². The maximum absolute atomic E-state index is 12.2. The Morgan fingerprint density at radius 1 is 1.16 bits per heavy atom. The Balaban J connectivity index is 1.52. The van der Waals surface area contributed by atoms with Crippen LogP contribution in [0.2, 0.25) is 0 Å². The number of hydrogen-bond donors (Lipinski definition) is 4. The van der Waals surface area contributed by atoms with Crippen molar-refractivity contribution in [3.63, 3.8) is 0 Å². The van der Waals surface area contributed by atoms with E-state index >= 15 is 0 Å². The molecule has 3 rings (SSSR count). The van der Waals surface area contributed by atoms with Crippen LogP contribution in [0.4, 0.5) is 11.5 Å². The number of aromatic nitrogens is 2. The molecule has 2 aromatic heterocycles. The molecule has 4 N–H and O–H groups in total. The van der Waals surface area contributed by atoms with Gasteiger partial charge in [0.2, 0.25) is 0 Å². The summed E-state index contributed by atoms with van der Waals surface area (Å²) in [5, 5.41) is 10.5. The van der Waals surface area contributed by atoms with E-state index in [1.54, 1.807) is 6.20 Å². The zero-order valence-corrected chi connectivity index (χ0v) is 14.5. The summed E-state index contributed by atoms with van der Waals surface area (Å²) in [5.74, 6) is 0.676. The lowest BCUT2D eigenvalue weighted by Gasteiger charge is -2.15. The van der Waals surface area contributed by atoms with E-state index in [4.69, 9.17) is 0 Å². The van der Waals surface area contributed by atoms with Crippen LogP contribution < -0.4 is 16.0 Å². The fourth-order valence-corrected chi connectivity index (χ4v) is 2.62. The summed E-state index contributed by atoms with van der Waals surface area (Å²) in [5.41, 5.74) is 2.49. The zero-order chi connectivity index (χ0) is 17.6. The number of carbonyl (C=O) groups excluding carboxylic acids is 1. The van der Waals surface area contributed by atoms with Gasteiger partial charge in [-0.15, -0.1) is 0 Å². The molecule has 2 heterocycles. The highest BCUT2D eigenvalue weighted by Crippen LogP contribution is 2.18. The molecule has 1 amide bonds. The van der Waals surface area contributed by atoms with Crippen molar-refractivity contribution < 1.29 is 4.79 Å². The van der Waals surface area contributed by atoms with Crippen LogP contribution in [0.1, 0.15) is 24.3 Å². The Hall–Kier alpha value is -3.02. The molecule has 0 saturated carbocycles. The molecule has 0 unspecified atom stereocenters. The van der Waals surface area contributed by atoms with Gasteiger partial charge in [0, 0.05) is 36.2 Å². The van der Waals surface area contributed by atoms with Crippen LogP contribution in [0, 0.1) is 0 Å². The van der Waals surface area contributed by atoms with Gasteiger partial charge in [-0.3, -0.25) is 4.79 Å². The summed E-state index contributed by atoms with van der Waals surface area (Å²) in [7, 11) is 0. The molecule has 0 aliphatic heterocycles. The van der Waals surface area contributed by atoms with Crippen LogP contribution in [0.15, 0.2) is 48.7 Å². The molecule has 0 radical (unpaired) electrons. The van der Waals surface area contributed by atoms with Gasteiger partial charge < -0.3 is 20.9 Å². The van der Waals surface area contributed by atoms with E-state index in [1.807, 2.05) is 42.5 Å². The standard InChI is InChI=1S/C19H23N5O/c1-13(2)23-16-8-5-9-20-18(16)21-10-11-22-19(25)17-12-14-6-3-4-7-15(14)24-17/h3-9,12-13,23-24H,10-11H2,1-2H3,(H,20,21)(H,22,25). The normalized spacial score (nSPS) is 10.8. The Morgan fingerprint density at radius 3 is 2.80 bits per heavy atom. The summed E-state index contributed by atoms with van der Waals surface area (Å²) >= 11 is 0. The molecule has 6 nitrogen and oxygen atoms in total. The van der Waals surface area contributed by atoms with Gasteiger partial charge in [-0.1, -0.05) is 18.2 Å². The Labute approximate surface area is 147 Å². The molecule has 130 valence electrons. The van der Waals surface area contributed by atoms with E-state index < -0.39 is 0 Å². The van der Waals surface area contributed by atoms with Crippen molar-refractivity contribution in [2.45, 2.75) is 19.9 Å². The largest absolute Gasteiger partial charge is 0.380 e. The topological polar surface area (TPSA) is 81.8 Å². The van der Waals surface area contributed by atoms with Crippen molar-refractivity contribution in [1.29, 1.82) is 0 Å². The second-order valence-corrected chi connectivity index (χ2v) is 6.15. The van der Waals surface area contributed by atoms with E-state index in [9.17, 15) is 4.79 Å². The van der Waals surface area contributed by atoms with E-state index in [0.717, 1.165) is 22.4 Å². The maximum Gasteiger partial charge on any atom is 0.267 e. The van der Waals surface area contributed by atoms with Gasteiger partial charge >= 0.3 is 0 Å². The molecular formula is C19H23N5O. The van der Waals surface area contributed by atoms with Crippen LogP contribution in [-0.4, -0.2) is 35.0 Å². The summed E-state index contributed by atoms with van der Waals surface area (Å²) in [6.07, 6.45) is 1.75. The number of hydrogen-bond acceptors (Lipinski definition) is 4. The van der Waals surface area contributed by atoms with Gasteiger partial charge in [0.1, 0.15) is 11.5 Å². The fraction of sp³-hybridized carbons (Fsp3) is 0.263. The molecule has 3 aromatic rings. The number of aromatic amines is 1. The monoisotopic (exact) mass is 337 g/mol. The van der Waals surface area contributed by atoms with Crippen molar-refractivity contribution in [3.8, 4) is 0 Å². The fourth-order valence-electron chi connectivity index (χ4n) is 2.62. The van der Waals surface area contributed by atoms with E-state index in [-0.39, 0.29) is 5.91 Å². The average Bonchev–Trinajstić information content (AvgIpc) is 3.03. The first kappa shape index (κ1) is 16.8. The average molecular weight is 337 g/mol. The number of nitrogens with zero attached hydrogens (tertiary/aromatic N) is 1. The Kier molecular flexibility index (Phi) is 5.18. The number of nitrogens with one attached hydrogen (secondary N) is 4. The lowest BCUT2D eigenvalue weighted by Crippen LogP contribution is -2.29. The quantitative estimate of drug-likeness (QED) is 0.499. The third kappa shape index (κ3) is 4.29. The highest BCUT2D eigenvalue weighted by Gasteiger charge is 2.09. The predicted octanol–water partition coefficient (Wildman–Crippen LogP) is 3.23. The number of H-pyrrole nitrogens is 1. The minimum atomic E-state index is -0.112. The predicted molar refractivity (Wildman–Crippen MR) is 102 cm³/mol. The number of benzene rings is 1. The minimum Gasteiger partial charge on any atom is -0.380 e. The number of anilines is 2. The zero-order valence-electron chi connectivity index (χ0n) is 14.5. The highest BCUT2D eigenvalue weighted by molar-refractivity contribution is 5.97. The molecule has 0 bridgehead atoms. The summed E-state index contributed by atoms with van der Waals surface area (Å²) in [4.78, 5) is 19.7. The van der Waals surface area contributed by atoms with Crippen LogP contribution in [0.3, 0.4) is 0 Å². The molecule has 0 aliphatic rings. The minimum absolute atomic E-state index is 0.112. The second kappa shape index (κ2) is 7.70. The third-order valence-corrected chi connectivity index (χ3v) is 3.73. The molecule has 0 atom stereocenters. The Morgan fingerprint density at radius 2 is 2.00 bits per heavy atom. The first-order chi connectivity index (χ1) is 12.1. The van der Waals surface area contributed by atoms with Crippen molar-refractivity contribution in [3.05, 3.63) is 54.4 Å². The van der Waals surface area contributed by atoms with Crippen LogP contribution in [0.5, 0.6) is 0 Å². The second-order valence-electron chi connectivity index (χ2n) is 6.15. The number of amides is 1. The van der Waals surface area contributed by atoms with E-state index in [2.05, 4.69) is 39.8 Å². The van der Waals surface area contributed by atoms with Crippen LogP contribution >= 0.6 is 0 Å². The lowest BCUT2D eigenvalue weighted by atomic mass is 10.2. The van der Waals surface area contributed by atoms with Gasteiger partial charge in [-0.25, -0.2) is 4.98 Å². The van der Waals surface area contributed by atoms with Gasteiger partial charge in [0.25, 0.3) is 5.91 Å². The number of rotatable bonds is 7. The lowest BCUT2D eigenvalue weighted by molar-refractivity contribution is 0.0951. The number of pyridine rings is 1. The molecule has 0 spiro atoms. The first-order valence-corrected chi connectivity index (χ1v) is 8.45. The smallest absolute Gasteiger partial charge is 0.267 e. The molecule has 0 aliphatic carbocycles. The van der Waals surface area contributed by atoms with Crippen molar-refractivity contribution in [1.82, 2.24) is 15.3 Å². The molecular weight excluding hydrogens is 314 g/mol. The molecule has 25 heavy (non-hydrogen) atoms. The third-order valence-electron chi connectivity index (χ3n) is 3.73.